The van der Waals surface area contributed by atoms with Gasteiger partial charge >= 0.3 is 5.97 Å². The zero-order valence-electron chi connectivity index (χ0n) is 11.2. The van der Waals surface area contributed by atoms with E-state index < -0.39 is 0 Å². The number of carbonyl (C=O) groups is 2. The summed E-state index contributed by atoms with van der Waals surface area (Å²) in [5.41, 5.74) is 0. The zero-order valence-corrected chi connectivity index (χ0v) is 11.2. The lowest BCUT2D eigenvalue weighted by Crippen LogP contribution is -2.44. The number of aliphatic hydroxyl groups is 1. The van der Waals surface area contributed by atoms with Gasteiger partial charge in [-0.05, 0) is 19.3 Å². The van der Waals surface area contributed by atoms with Crippen molar-refractivity contribution >= 4 is 11.8 Å². The van der Waals surface area contributed by atoms with Crippen LogP contribution in [0.3, 0.4) is 0 Å². The topological polar surface area (TPSA) is 66.8 Å². The number of piperidine rings is 1. The number of aliphatic hydroxyl groups excluding tert-OH is 1. The lowest BCUT2D eigenvalue weighted by molar-refractivity contribution is -0.144. The van der Waals surface area contributed by atoms with Gasteiger partial charge in [0.25, 0.3) is 0 Å². The third-order valence-corrected chi connectivity index (χ3v) is 3.26. The molecule has 0 aromatic rings. The fraction of sp³-hybridized carbons (Fsp3) is 0.846. The average molecular weight is 257 g/mol. The Morgan fingerprint density at radius 2 is 2.11 bits per heavy atom. The van der Waals surface area contributed by atoms with Gasteiger partial charge in [0.1, 0.15) is 5.78 Å². The standard InChI is InChI=1S/C13H23NO4/c1-3-18-13(17)5-4-11(15)9-14-7-6-12(16)10(2)8-14/h10,12,16H,3-9H2,1-2H3. The van der Waals surface area contributed by atoms with E-state index in [9.17, 15) is 14.7 Å². The van der Waals surface area contributed by atoms with E-state index in [1.807, 2.05) is 11.8 Å². The second-order valence-electron chi connectivity index (χ2n) is 4.91. The molecule has 5 nitrogen and oxygen atoms in total. The first-order chi connectivity index (χ1) is 8.52. The number of nitrogens with zero attached hydrogens (tertiary/aromatic N) is 1. The van der Waals surface area contributed by atoms with Crippen molar-refractivity contribution in [2.24, 2.45) is 5.92 Å². The molecule has 1 rings (SSSR count). The Morgan fingerprint density at radius 3 is 2.72 bits per heavy atom. The van der Waals surface area contributed by atoms with E-state index >= 15 is 0 Å². The Morgan fingerprint density at radius 1 is 1.39 bits per heavy atom. The van der Waals surface area contributed by atoms with Crippen LogP contribution in [0.4, 0.5) is 0 Å². The van der Waals surface area contributed by atoms with Crippen molar-refractivity contribution in [2.45, 2.75) is 39.2 Å². The lowest BCUT2D eigenvalue weighted by atomic mass is 9.96. The van der Waals surface area contributed by atoms with Gasteiger partial charge in [-0.3, -0.25) is 14.5 Å². The lowest BCUT2D eigenvalue weighted by Gasteiger charge is -2.33. The minimum atomic E-state index is -0.312. The van der Waals surface area contributed by atoms with Crippen LogP contribution < -0.4 is 0 Å². The van der Waals surface area contributed by atoms with Crippen LogP contribution in [0.5, 0.6) is 0 Å². The third kappa shape index (κ3) is 5.14. The summed E-state index contributed by atoms with van der Waals surface area (Å²) in [7, 11) is 0. The second kappa shape index (κ2) is 7.48. The van der Waals surface area contributed by atoms with Gasteiger partial charge in [-0.25, -0.2) is 0 Å². The molecule has 0 aliphatic carbocycles. The van der Waals surface area contributed by atoms with E-state index in [1.54, 1.807) is 6.92 Å². The van der Waals surface area contributed by atoms with Crippen molar-refractivity contribution in [2.75, 3.05) is 26.2 Å². The number of carbonyl (C=O) groups excluding carboxylic acids is 2. The van der Waals surface area contributed by atoms with Crippen LogP contribution in [-0.2, 0) is 14.3 Å². The molecule has 1 fully saturated rings. The Kier molecular flexibility index (Phi) is 6.29. The van der Waals surface area contributed by atoms with Crippen molar-refractivity contribution in [3.8, 4) is 0 Å². The number of likely N-dealkylation sites (tertiary alicyclic amines) is 1. The summed E-state index contributed by atoms with van der Waals surface area (Å²) in [6, 6.07) is 0. The van der Waals surface area contributed by atoms with Gasteiger partial charge in [-0.15, -0.1) is 0 Å². The van der Waals surface area contributed by atoms with Crippen LogP contribution in [0.15, 0.2) is 0 Å². The molecule has 1 aliphatic heterocycles. The van der Waals surface area contributed by atoms with Gasteiger partial charge in [-0.2, -0.15) is 0 Å². The largest absolute Gasteiger partial charge is 0.466 e. The molecule has 2 unspecified atom stereocenters. The molecular weight excluding hydrogens is 234 g/mol. The SMILES string of the molecule is CCOC(=O)CCC(=O)CN1CCC(O)C(C)C1. The van der Waals surface area contributed by atoms with Crippen molar-refractivity contribution < 1.29 is 19.4 Å². The summed E-state index contributed by atoms with van der Waals surface area (Å²) in [6.45, 7) is 5.95. The van der Waals surface area contributed by atoms with Crippen LogP contribution >= 0.6 is 0 Å². The zero-order chi connectivity index (χ0) is 13.5. The van der Waals surface area contributed by atoms with Crippen molar-refractivity contribution in [3.05, 3.63) is 0 Å². The maximum absolute atomic E-state index is 11.7. The molecule has 2 atom stereocenters. The van der Waals surface area contributed by atoms with Crippen LogP contribution in [0, 0.1) is 5.92 Å². The van der Waals surface area contributed by atoms with E-state index in [4.69, 9.17) is 4.74 Å². The molecule has 1 N–H and O–H groups in total. The first kappa shape index (κ1) is 15.1. The highest BCUT2D eigenvalue weighted by Crippen LogP contribution is 2.16. The molecule has 104 valence electrons. The van der Waals surface area contributed by atoms with Crippen molar-refractivity contribution in [3.63, 3.8) is 0 Å². The molecule has 0 saturated carbocycles. The minimum Gasteiger partial charge on any atom is -0.466 e. The van der Waals surface area contributed by atoms with Crippen molar-refractivity contribution in [1.29, 1.82) is 0 Å². The number of esters is 1. The predicted octanol–water partition coefficient (Wildman–Crippen LogP) is 0.601. The summed E-state index contributed by atoms with van der Waals surface area (Å²) in [5.74, 6) is -0.0449. The van der Waals surface area contributed by atoms with E-state index in [0.717, 1.165) is 13.1 Å². The Hall–Kier alpha value is -0.940. The first-order valence-corrected chi connectivity index (χ1v) is 6.60. The maximum Gasteiger partial charge on any atom is 0.306 e. The quantitative estimate of drug-likeness (QED) is 0.706. The highest BCUT2D eigenvalue weighted by atomic mass is 16.5. The van der Waals surface area contributed by atoms with E-state index in [2.05, 4.69) is 0 Å². The Labute approximate surface area is 108 Å². The molecule has 0 radical (unpaired) electrons. The molecule has 1 aliphatic rings. The second-order valence-corrected chi connectivity index (χ2v) is 4.91. The van der Waals surface area contributed by atoms with E-state index in [0.29, 0.717) is 19.6 Å². The van der Waals surface area contributed by atoms with Gasteiger partial charge in [0, 0.05) is 19.5 Å². The highest BCUT2D eigenvalue weighted by molar-refractivity contribution is 5.84. The summed E-state index contributed by atoms with van der Waals surface area (Å²) >= 11 is 0. The monoisotopic (exact) mass is 257 g/mol. The fourth-order valence-corrected chi connectivity index (χ4v) is 2.17. The third-order valence-electron chi connectivity index (χ3n) is 3.26. The molecule has 0 spiro atoms. The van der Waals surface area contributed by atoms with Gasteiger partial charge in [-0.1, -0.05) is 6.92 Å². The number of rotatable bonds is 6. The van der Waals surface area contributed by atoms with Gasteiger partial charge in [0.2, 0.25) is 0 Å². The summed E-state index contributed by atoms with van der Waals surface area (Å²) in [6.07, 6.45) is 0.868. The predicted molar refractivity (Wildman–Crippen MR) is 67.1 cm³/mol. The molecule has 1 saturated heterocycles. The molecule has 0 aromatic heterocycles. The summed E-state index contributed by atoms with van der Waals surface area (Å²) < 4.78 is 4.78. The maximum atomic E-state index is 11.7. The van der Waals surface area contributed by atoms with Gasteiger partial charge < -0.3 is 9.84 Å². The summed E-state index contributed by atoms with van der Waals surface area (Å²) in [5, 5.41) is 9.59. The molecule has 18 heavy (non-hydrogen) atoms. The van der Waals surface area contributed by atoms with Crippen molar-refractivity contribution in [1.82, 2.24) is 4.90 Å². The molecule has 1 heterocycles. The average Bonchev–Trinajstić information content (AvgIpc) is 2.32. The first-order valence-electron chi connectivity index (χ1n) is 6.60. The number of hydrogen-bond donors (Lipinski definition) is 1. The number of ketones is 1. The van der Waals surface area contributed by atoms with Crippen LogP contribution in [-0.4, -0.2) is 54.1 Å². The smallest absolute Gasteiger partial charge is 0.306 e. The van der Waals surface area contributed by atoms with Gasteiger partial charge in [0.15, 0.2) is 0 Å². The molecule has 0 amide bonds. The highest BCUT2D eigenvalue weighted by Gasteiger charge is 2.25. The molecular formula is C13H23NO4. The van der Waals surface area contributed by atoms with E-state index in [1.165, 1.54) is 0 Å². The fourth-order valence-electron chi connectivity index (χ4n) is 2.17. The van der Waals surface area contributed by atoms with E-state index in [-0.39, 0.29) is 36.6 Å². The van der Waals surface area contributed by atoms with Crippen LogP contribution in [0.25, 0.3) is 0 Å². The van der Waals surface area contributed by atoms with Crippen LogP contribution in [0.2, 0.25) is 0 Å². The number of ether oxygens (including phenoxy) is 1. The molecule has 5 heteroatoms. The Bertz CT molecular complexity index is 293. The molecule has 0 bridgehead atoms. The minimum absolute atomic E-state index is 0.0617. The Balaban J connectivity index is 2.22. The number of Topliss-reactive ketones (excluding diaryl/α,β-unsaturated/α-hetero) is 1. The number of hydrogen-bond acceptors (Lipinski definition) is 5. The van der Waals surface area contributed by atoms with Gasteiger partial charge in [0.05, 0.1) is 25.7 Å². The van der Waals surface area contributed by atoms with Crippen LogP contribution in [0.1, 0.15) is 33.1 Å². The molecule has 0 aromatic carbocycles. The normalized spacial score (nSPS) is 24.8. The summed E-state index contributed by atoms with van der Waals surface area (Å²) in [4.78, 5) is 24.9.